The molecule has 0 aliphatic rings. The van der Waals surface area contributed by atoms with Crippen molar-refractivity contribution in [3.63, 3.8) is 0 Å². The van der Waals surface area contributed by atoms with Crippen LogP contribution in [0.5, 0.6) is 5.75 Å². The van der Waals surface area contributed by atoms with Gasteiger partial charge in [-0.2, -0.15) is 18.3 Å². The van der Waals surface area contributed by atoms with E-state index in [2.05, 4.69) is 19.9 Å². The molecule has 0 saturated heterocycles. The van der Waals surface area contributed by atoms with E-state index in [1.165, 1.54) is 6.92 Å². The van der Waals surface area contributed by atoms with Crippen LogP contribution < -0.4 is 10.5 Å². The van der Waals surface area contributed by atoms with Crippen LogP contribution in [0.1, 0.15) is 5.69 Å². The number of alkyl halides is 3. The molecule has 0 atom stereocenters. The summed E-state index contributed by atoms with van der Waals surface area (Å²) in [6, 6.07) is 3.47. The molecule has 0 amide bonds. The Morgan fingerprint density at radius 2 is 1.93 bits per heavy atom. The highest BCUT2D eigenvalue weighted by Gasteiger charge is 2.42. The van der Waals surface area contributed by atoms with E-state index in [4.69, 9.17) is 5.73 Å². The fourth-order valence-corrected chi connectivity index (χ4v) is 3.69. The van der Waals surface area contributed by atoms with Crippen molar-refractivity contribution in [1.82, 2.24) is 15.2 Å². The molecule has 0 unspecified atom stereocenters. The van der Waals surface area contributed by atoms with E-state index in [9.17, 15) is 22.4 Å². The first-order chi connectivity index (χ1) is 13.6. The summed E-state index contributed by atoms with van der Waals surface area (Å²) in [7, 11) is 0. The van der Waals surface area contributed by atoms with E-state index >= 15 is 4.39 Å². The molecular weight excluding hydrogens is 419 g/mol. The highest BCUT2D eigenvalue weighted by atomic mass is 32.1. The molecule has 0 radical (unpaired) electrons. The van der Waals surface area contributed by atoms with Crippen molar-refractivity contribution in [2.24, 2.45) is 0 Å². The average molecular weight is 428 g/mol. The number of aromatic nitrogens is 3. The molecule has 29 heavy (non-hydrogen) atoms. The van der Waals surface area contributed by atoms with Gasteiger partial charge in [0.2, 0.25) is 0 Å². The number of hydrogen-bond donors (Lipinski definition) is 2. The number of carbonyl (C=O) groups excluding carboxylic acids is 1. The van der Waals surface area contributed by atoms with Crippen LogP contribution in [0.2, 0.25) is 0 Å². The maximum Gasteiger partial charge on any atom is 0.491 e. The molecule has 0 aliphatic heterocycles. The summed E-state index contributed by atoms with van der Waals surface area (Å²) in [6.45, 7) is 1.50. The number of aryl methyl sites for hydroxylation is 1. The molecule has 0 fully saturated rings. The zero-order chi connectivity index (χ0) is 21.1. The Hall–Kier alpha value is -3.28. The molecule has 6 nitrogen and oxygen atoms in total. The third kappa shape index (κ3) is 3.05. The molecule has 4 aromatic rings. The third-order valence-electron chi connectivity index (χ3n) is 4.11. The summed E-state index contributed by atoms with van der Waals surface area (Å²) in [5.41, 5.74) is 6.01. The third-order valence-corrected chi connectivity index (χ3v) is 5.03. The number of hydrogen-bond acceptors (Lipinski definition) is 6. The molecule has 0 spiro atoms. The maximum absolute atomic E-state index is 15.2. The lowest BCUT2D eigenvalue weighted by Crippen LogP contribution is -2.28. The highest BCUT2D eigenvalue weighted by Crippen LogP contribution is 2.41. The van der Waals surface area contributed by atoms with Gasteiger partial charge in [0.15, 0.2) is 17.2 Å². The van der Waals surface area contributed by atoms with Crippen LogP contribution in [0.3, 0.4) is 0 Å². The summed E-state index contributed by atoms with van der Waals surface area (Å²) < 4.78 is 71.7. The molecule has 12 heteroatoms. The first-order valence-electron chi connectivity index (χ1n) is 7.89. The summed E-state index contributed by atoms with van der Waals surface area (Å²) >= 11 is 1.06. The van der Waals surface area contributed by atoms with Crippen molar-refractivity contribution in [2.45, 2.75) is 13.1 Å². The quantitative estimate of drug-likeness (QED) is 0.279. The second-order valence-electron chi connectivity index (χ2n) is 6.02. The lowest BCUT2D eigenvalue weighted by Gasteiger charge is -2.13. The van der Waals surface area contributed by atoms with Gasteiger partial charge in [0, 0.05) is 22.5 Å². The number of nitrogen functional groups attached to an aromatic ring is 1. The van der Waals surface area contributed by atoms with E-state index in [1.54, 1.807) is 12.1 Å². The minimum Gasteiger partial charge on any atom is -0.417 e. The van der Waals surface area contributed by atoms with Gasteiger partial charge in [-0.3, -0.25) is 5.10 Å². The summed E-state index contributed by atoms with van der Waals surface area (Å²) in [5.74, 6) is -6.33. The number of nitrogens with one attached hydrogen (secondary N) is 1. The van der Waals surface area contributed by atoms with Gasteiger partial charge in [0.1, 0.15) is 5.82 Å². The first-order valence-corrected chi connectivity index (χ1v) is 8.70. The molecule has 0 saturated carbocycles. The Kier molecular flexibility index (Phi) is 4.19. The number of halogens is 5. The van der Waals surface area contributed by atoms with Gasteiger partial charge < -0.3 is 10.5 Å². The number of ether oxygens (including phenoxy) is 1. The Morgan fingerprint density at radius 3 is 2.55 bits per heavy atom. The fourth-order valence-electron chi connectivity index (χ4n) is 2.92. The predicted octanol–water partition coefficient (Wildman–Crippen LogP) is 4.48. The number of H-pyrrole nitrogens is 1. The molecule has 4 rings (SSSR count). The van der Waals surface area contributed by atoms with Crippen molar-refractivity contribution in [2.75, 3.05) is 5.73 Å². The largest absolute Gasteiger partial charge is 0.491 e. The summed E-state index contributed by atoms with van der Waals surface area (Å²) in [5, 5.41) is 6.23. The van der Waals surface area contributed by atoms with E-state index in [-0.39, 0.29) is 22.1 Å². The first kappa shape index (κ1) is 19.1. The Balaban J connectivity index is 2.08. The molecule has 150 valence electrons. The standard InChI is InChI=1S/C17H9F5N4O2S/c1-5-10-12-11(6(18)4-7(13(12)19)28-16(27)17(20,21)22)14(24-15(10)26-25-5)8-2-3-9(23)29-8/h2-4H,23H2,1H3,(H,24,25,26). The second-order valence-corrected chi connectivity index (χ2v) is 7.13. The van der Waals surface area contributed by atoms with Gasteiger partial charge in [-0.05, 0) is 19.1 Å². The number of benzene rings is 1. The smallest absolute Gasteiger partial charge is 0.417 e. The number of nitrogens with two attached hydrogens (primary N) is 1. The number of rotatable bonds is 2. The number of aromatic amines is 1. The van der Waals surface area contributed by atoms with Crippen LogP contribution in [0.4, 0.5) is 27.0 Å². The molecule has 0 aliphatic carbocycles. The van der Waals surface area contributed by atoms with Crippen LogP contribution in [0, 0.1) is 18.6 Å². The van der Waals surface area contributed by atoms with Gasteiger partial charge in [-0.15, -0.1) is 11.3 Å². The minimum absolute atomic E-state index is 0.00537. The number of anilines is 1. The van der Waals surface area contributed by atoms with Crippen LogP contribution >= 0.6 is 11.3 Å². The number of thiophene rings is 1. The number of nitrogens with zero attached hydrogens (tertiary/aromatic N) is 2. The number of fused-ring (bicyclic) bond motifs is 3. The molecule has 3 N–H and O–H groups in total. The van der Waals surface area contributed by atoms with Crippen molar-refractivity contribution >= 4 is 44.1 Å². The maximum atomic E-state index is 15.2. The van der Waals surface area contributed by atoms with Crippen LogP contribution in [-0.2, 0) is 4.79 Å². The number of esters is 1. The topological polar surface area (TPSA) is 93.9 Å². The van der Waals surface area contributed by atoms with Gasteiger partial charge in [0.25, 0.3) is 0 Å². The van der Waals surface area contributed by atoms with E-state index in [0.717, 1.165) is 11.3 Å². The van der Waals surface area contributed by atoms with Crippen molar-refractivity contribution in [3.05, 3.63) is 35.5 Å². The zero-order valence-electron chi connectivity index (χ0n) is 14.3. The Bertz CT molecular complexity index is 1290. The van der Waals surface area contributed by atoms with E-state index in [0.29, 0.717) is 21.6 Å². The van der Waals surface area contributed by atoms with E-state index < -0.39 is 34.9 Å². The lowest BCUT2D eigenvalue weighted by molar-refractivity contribution is -0.189. The number of pyridine rings is 1. The molecule has 0 bridgehead atoms. The van der Waals surface area contributed by atoms with Crippen molar-refractivity contribution < 1.29 is 31.5 Å². The van der Waals surface area contributed by atoms with Crippen LogP contribution in [0.15, 0.2) is 18.2 Å². The average Bonchev–Trinajstić information content (AvgIpc) is 3.23. The monoisotopic (exact) mass is 428 g/mol. The zero-order valence-corrected chi connectivity index (χ0v) is 15.1. The predicted molar refractivity (Wildman–Crippen MR) is 95.5 cm³/mol. The van der Waals surface area contributed by atoms with Gasteiger partial charge in [0.05, 0.1) is 21.0 Å². The lowest BCUT2D eigenvalue weighted by atomic mass is 10.0. The second kappa shape index (κ2) is 6.37. The number of carbonyl (C=O) groups is 1. The molecule has 1 aromatic carbocycles. The Morgan fingerprint density at radius 1 is 1.21 bits per heavy atom. The van der Waals surface area contributed by atoms with Gasteiger partial charge >= 0.3 is 12.1 Å². The highest BCUT2D eigenvalue weighted by molar-refractivity contribution is 7.19. The van der Waals surface area contributed by atoms with Crippen molar-refractivity contribution in [3.8, 4) is 16.3 Å². The van der Waals surface area contributed by atoms with Gasteiger partial charge in [-0.25, -0.2) is 18.6 Å². The minimum atomic E-state index is -5.38. The summed E-state index contributed by atoms with van der Waals surface area (Å²) in [6.07, 6.45) is -5.38. The van der Waals surface area contributed by atoms with Crippen LogP contribution in [0.25, 0.3) is 32.4 Å². The van der Waals surface area contributed by atoms with Crippen LogP contribution in [-0.4, -0.2) is 27.3 Å². The van der Waals surface area contributed by atoms with Crippen molar-refractivity contribution in [1.29, 1.82) is 0 Å². The van der Waals surface area contributed by atoms with Gasteiger partial charge in [-0.1, -0.05) is 0 Å². The fraction of sp³-hybridized carbons (Fsp3) is 0.118. The SMILES string of the molecule is Cc1[nH]nc2nc(-c3ccc(N)s3)c3c(F)cc(OC(=O)C(F)(F)F)c(F)c3c12. The normalized spacial score (nSPS) is 12.1. The molecule has 3 heterocycles. The molecular formula is C17H9F5N4O2S. The van der Waals surface area contributed by atoms with E-state index in [1.807, 2.05) is 0 Å². The summed E-state index contributed by atoms with van der Waals surface area (Å²) in [4.78, 5) is 15.8. The molecule has 3 aromatic heterocycles. The Labute approximate surface area is 162 Å².